The molecule has 0 saturated carbocycles. The molecule has 9 aromatic rings. The summed E-state index contributed by atoms with van der Waals surface area (Å²) in [5, 5.41) is -1.07. The number of fused-ring (bicyclic) bond motifs is 9. The fourth-order valence-corrected chi connectivity index (χ4v) is 6.07. The van der Waals surface area contributed by atoms with Crippen molar-refractivity contribution in [3.05, 3.63) is 125 Å². The normalized spacial score (nSPS) is 19.0. The van der Waals surface area contributed by atoms with E-state index in [4.69, 9.17) is 19.2 Å². The van der Waals surface area contributed by atoms with E-state index in [1.165, 1.54) is 16.7 Å². The highest BCUT2D eigenvalue weighted by Gasteiger charge is 2.21. The van der Waals surface area contributed by atoms with Crippen LogP contribution in [0.1, 0.15) is 24.7 Å². The summed E-state index contributed by atoms with van der Waals surface area (Å²) in [4.78, 5) is 0. The maximum Gasteiger partial charge on any atom is 0.0646 e. The van der Waals surface area contributed by atoms with E-state index in [0.29, 0.717) is 0 Å². The third kappa shape index (κ3) is 2.51. The van der Waals surface area contributed by atoms with Crippen LogP contribution in [0.15, 0.2) is 125 Å². The zero-order chi connectivity index (χ0) is 40.6. The standard InChI is InChI=1S/C36H20BrN/c37-31-18-19-33-36-34(31)28-13-6-5-12-26(28)29-14-7-15-32(35(29)36)38(33)21-16-17-27-24-10-2-1-8-22(24)23-9-3-4-11-25(23)30(27)20-21/h1-20H/i1D,2D,3D,4D,5D,6D,7D,8D,9D,10D,11D,12D,13D,14D,15D,16D,17D,19D. The van der Waals surface area contributed by atoms with Gasteiger partial charge in [-0.2, -0.15) is 0 Å². The number of benzene rings is 8. The first-order chi connectivity index (χ1) is 26.3. The summed E-state index contributed by atoms with van der Waals surface area (Å²) in [6.45, 7) is 0. The summed E-state index contributed by atoms with van der Waals surface area (Å²) in [7, 11) is 0. The van der Waals surface area contributed by atoms with Crippen LogP contribution in [0, 0.1) is 0 Å². The van der Waals surface area contributed by atoms with E-state index in [0.717, 1.165) is 0 Å². The summed E-state index contributed by atoms with van der Waals surface area (Å²) in [6, 6.07) is -7.70. The Balaban J connectivity index is 1.64. The molecule has 1 heterocycles. The minimum atomic E-state index is -0.675. The van der Waals surface area contributed by atoms with Crippen molar-refractivity contribution in [1.82, 2.24) is 4.57 Å². The Morgan fingerprint density at radius 1 is 0.447 bits per heavy atom. The number of halogens is 1. The number of hydrogen-bond acceptors (Lipinski definition) is 0. The molecule has 0 unspecified atom stereocenters. The van der Waals surface area contributed by atoms with E-state index in [1.807, 2.05) is 0 Å². The minimum absolute atomic E-state index is 0.0153. The molecule has 0 bridgehead atoms. The number of aromatic nitrogens is 1. The van der Waals surface area contributed by atoms with Gasteiger partial charge in [0.15, 0.2) is 0 Å². The molecule has 1 aromatic heterocycles. The lowest BCUT2D eigenvalue weighted by molar-refractivity contribution is 1.19. The molecule has 176 valence electrons. The predicted molar refractivity (Wildman–Crippen MR) is 167 cm³/mol. The number of nitrogens with zero attached hydrogens (tertiary/aromatic N) is 1. The molecule has 0 spiro atoms. The molecular formula is C36H20BrN. The van der Waals surface area contributed by atoms with Gasteiger partial charge in [0.05, 0.1) is 35.7 Å². The van der Waals surface area contributed by atoms with Crippen molar-refractivity contribution >= 4 is 91.6 Å². The Hall–Kier alpha value is -4.40. The molecule has 2 heteroatoms. The van der Waals surface area contributed by atoms with Crippen LogP contribution >= 0.6 is 15.9 Å². The van der Waals surface area contributed by atoms with Gasteiger partial charge in [-0.25, -0.2) is 0 Å². The molecule has 0 aliphatic carbocycles. The maximum absolute atomic E-state index is 9.46. The maximum atomic E-state index is 9.46. The Morgan fingerprint density at radius 2 is 0.947 bits per heavy atom. The fraction of sp³-hybridized carbons (Fsp3) is 0. The summed E-state index contributed by atoms with van der Waals surface area (Å²) in [5.74, 6) is 0. The molecule has 0 amide bonds. The van der Waals surface area contributed by atoms with Gasteiger partial charge in [-0.3, -0.25) is 0 Å². The van der Waals surface area contributed by atoms with Crippen LogP contribution in [0.25, 0.3) is 81.4 Å². The first-order valence-corrected chi connectivity index (χ1v) is 12.3. The zero-order valence-corrected chi connectivity index (χ0v) is 20.6. The van der Waals surface area contributed by atoms with Crippen LogP contribution in [0.5, 0.6) is 0 Å². The molecule has 0 fully saturated rings. The molecule has 0 radical (unpaired) electrons. The Morgan fingerprint density at radius 3 is 1.63 bits per heavy atom. The van der Waals surface area contributed by atoms with Gasteiger partial charge in [-0.1, -0.05) is 107 Å². The highest BCUT2D eigenvalue weighted by atomic mass is 79.9. The molecule has 1 nitrogen and oxygen atoms in total. The molecule has 38 heavy (non-hydrogen) atoms. The second-order valence-corrected chi connectivity index (χ2v) is 9.72. The van der Waals surface area contributed by atoms with Crippen molar-refractivity contribution in [2.75, 3.05) is 0 Å². The van der Waals surface area contributed by atoms with Crippen LogP contribution in [0.2, 0.25) is 0 Å². The third-order valence-electron chi connectivity index (χ3n) is 7.05. The van der Waals surface area contributed by atoms with Gasteiger partial charge in [-0.05, 0) is 78.7 Å². The van der Waals surface area contributed by atoms with Gasteiger partial charge in [0.2, 0.25) is 0 Å². The van der Waals surface area contributed by atoms with Crippen LogP contribution in [-0.4, -0.2) is 4.57 Å². The summed E-state index contributed by atoms with van der Waals surface area (Å²) in [5.41, 5.74) is -0.375. The minimum Gasteiger partial charge on any atom is -0.309 e. The van der Waals surface area contributed by atoms with E-state index < -0.39 is 103 Å². The Bertz CT molecular complexity index is 3370. The number of rotatable bonds is 1. The number of hydrogen-bond donors (Lipinski definition) is 0. The molecule has 9 rings (SSSR count). The average molecular weight is 565 g/mol. The highest BCUT2D eigenvalue weighted by Crippen LogP contribution is 2.46. The first kappa shape index (κ1) is 10.1. The van der Waals surface area contributed by atoms with E-state index >= 15 is 0 Å². The first-order valence-electron chi connectivity index (χ1n) is 20.5. The van der Waals surface area contributed by atoms with Crippen LogP contribution in [-0.2, 0) is 0 Å². The fourth-order valence-electron chi connectivity index (χ4n) is 5.56. The smallest absolute Gasteiger partial charge is 0.0646 e. The van der Waals surface area contributed by atoms with Crippen LogP contribution < -0.4 is 0 Å². The summed E-state index contributed by atoms with van der Waals surface area (Å²) in [6.07, 6.45) is 0. The second kappa shape index (κ2) is 7.34. The van der Waals surface area contributed by atoms with Gasteiger partial charge in [0, 0.05) is 26.3 Å². The lowest BCUT2D eigenvalue weighted by atomic mass is 9.94. The van der Waals surface area contributed by atoms with Crippen LogP contribution in [0.3, 0.4) is 0 Å². The van der Waals surface area contributed by atoms with Crippen molar-refractivity contribution in [1.29, 1.82) is 0 Å². The Labute approximate surface area is 252 Å². The second-order valence-electron chi connectivity index (χ2n) is 8.86. The van der Waals surface area contributed by atoms with Crippen LogP contribution in [0.4, 0.5) is 0 Å². The van der Waals surface area contributed by atoms with E-state index in [9.17, 15) is 5.48 Å². The third-order valence-corrected chi connectivity index (χ3v) is 7.68. The van der Waals surface area contributed by atoms with Crippen molar-refractivity contribution < 1.29 is 24.7 Å². The largest absolute Gasteiger partial charge is 0.309 e. The van der Waals surface area contributed by atoms with Crippen molar-refractivity contribution in [3.8, 4) is 5.69 Å². The summed E-state index contributed by atoms with van der Waals surface area (Å²) < 4.78 is 161. The van der Waals surface area contributed by atoms with E-state index in [1.54, 1.807) is 0 Å². The molecule has 0 N–H and O–H groups in total. The average Bonchev–Trinajstić information content (AvgIpc) is 3.52. The molecule has 0 atom stereocenters. The van der Waals surface area contributed by atoms with Crippen molar-refractivity contribution in [2.45, 2.75) is 0 Å². The van der Waals surface area contributed by atoms with Crippen molar-refractivity contribution in [3.63, 3.8) is 0 Å². The predicted octanol–water partition coefficient (Wildman–Crippen LogP) is 10.7. The Kier molecular flexibility index (Phi) is 1.94. The topological polar surface area (TPSA) is 4.93 Å². The van der Waals surface area contributed by atoms with Gasteiger partial charge in [-0.15, -0.1) is 0 Å². The van der Waals surface area contributed by atoms with Gasteiger partial charge >= 0.3 is 0 Å². The summed E-state index contributed by atoms with van der Waals surface area (Å²) >= 11 is 3.48. The monoisotopic (exact) mass is 563 g/mol. The van der Waals surface area contributed by atoms with E-state index in [2.05, 4.69) is 15.9 Å². The molecule has 0 aliphatic rings. The molecule has 0 aliphatic heterocycles. The molecular weight excluding hydrogens is 526 g/mol. The van der Waals surface area contributed by atoms with Gasteiger partial charge in [0.1, 0.15) is 0 Å². The van der Waals surface area contributed by atoms with E-state index in [-0.39, 0.29) is 91.9 Å². The molecule has 8 aromatic carbocycles. The zero-order valence-electron chi connectivity index (χ0n) is 37.0. The molecule has 0 saturated heterocycles. The van der Waals surface area contributed by atoms with Crippen molar-refractivity contribution in [2.24, 2.45) is 0 Å². The quantitative estimate of drug-likeness (QED) is 0.175. The lowest BCUT2D eigenvalue weighted by Gasteiger charge is -2.13. The van der Waals surface area contributed by atoms with Gasteiger partial charge < -0.3 is 4.57 Å². The van der Waals surface area contributed by atoms with Gasteiger partial charge in [0.25, 0.3) is 0 Å². The SMILES string of the molecule is [2H]c1c(-n2c3c([2H])cc(Br)c4c5c([2H])c([2H])c([2H])c([2H])c5c5c([2H])c([2H])c([2H])c2c5c43)cc2c(c1[2H])c1c([2H])c([2H])c([2H])c([2H])c1c1c([2H])c([2H])c([2H])c([2H])c21. The highest BCUT2D eigenvalue weighted by molar-refractivity contribution is 9.10. The lowest BCUT2D eigenvalue weighted by Crippen LogP contribution is -1.94.